The minimum Gasteiger partial charge on any atom is -0.491 e. The van der Waals surface area contributed by atoms with Crippen molar-refractivity contribution in [1.82, 2.24) is 4.90 Å². The van der Waals surface area contributed by atoms with Crippen LogP contribution >= 0.6 is 0 Å². The molecule has 1 aromatic carbocycles. The van der Waals surface area contributed by atoms with Gasteiger partial charge in [0.25, 0.3) is 0 Å². The Morgan fingerprint density at radius 1 is 1.23 bits per heavy atom. The van der Waals surface area contributed by atoms with Crippen LogP contribution in [0.25, 0.3) is 0 Å². The molecule has 2 aliphatic rings. The molecule has 1 aromatic rings. The largest absolute Gasteiger partial charge is 0.491 e. The van der Waals surface area contributed by atoms with E-state index in [2.05, 4.69) is 0 Å². The zero-order valence-electron chi connectivity index (χ0n) is 14.7. The van der Waals surface area contributed by atoms with Gasteiger partial charge in [-0.15, -0.1) is 0 Å². The number of anilines is 1. The zero-order valence-corrected chi connectivity index (χ0v) is 14.7. The highest BCUT2D eigenvalue weighted by Gasteiger charge is 2.22. The van der Waals surface area contributed by atoms with E-state index in [0.717, 1.165) is 25.9 Å². The third-order valence-electron chi connectivity index (χ3n) is 4.60. The average Bonchev–Trinajstić information content (AvgIpc) is 2.66. The monoisotopic (exact) mass is 368 g/mol. The molecule has 1 amide bonds. The molecule has 2 aliphatic heterocycles. The minimum absolute atomic E-state index is 0.157. The fourth-order valence-corrected chi connectivity index (χ4v) is 3.15. The van der Waals surface area contributed by atoms with Crippen molar-refractivity contribution in [1.29, 1.82) is 0 Å². The van der Waals surface area contributed by atoms with Crippen LogP contribution in [0.4, 0.5) is 14.9 Å². The first-order valence-corrected chi connectivity index (χ1v) is 9.02. The van der Waals surface area contributed by atoms with Crippen LogP contribution in [0.15, 0.2) is 18.2 Å². The lowest BCUT2D eigenvalue weighted by Gasteiger charge is -2.34. The van der Waals surface area contributed by atoms with Crippen LogP contribution in [0.1, 0.15) is 19.3 Å². The number of carboxylic acid groups (broad SMARTS) is 1. The van der Waals surface area contributed by atoms with Gasteiger partial charge in [-0.25, -0.2) is 9.18 Å². The number of benzene rings is 1. The highest BCUT2D eigenvalue weighted by atomic mass is 19.1. The molecule has 3 rings (SSSR count). The molecule has 7 nitrogen and oxygen atoms in total. The standard InChI is InChI=1S/C18H25FN2O5/c19-15-13-14(24-11-12-26-17-3-1-2-10-25-17)4-5-16(15)20-6-8-21(9-7-20)18(22)23/h4-5,13,17H,1-3,6-12H2,(H,22,23). The van der Waals surface area contributed by atoms with E-state index in [9.17, 15) is 9.18 Å². The Hall–Kier alpha value is -2.06. The van der Waals surface area contributed by atoms with Crippen LogP contribution in [-0.2, 0) is 9.47 Å². The number of piperazine rings is 1. The number of ether oxygens (including phenoxy) is 3. The molecule has 0 aromatic heterocycles. The van der Waals surface area contributed by atoms with E-state index in [1.807, 2.05) is 4.90 Å². The van der Waals surface area contributed by atoms with Crippen molar-refractivity contribution >= 4 is 11.8 Å². The SMILES string of the molecule is O=C(O)N1CCN(c2ccc(OCCOC3CCCCO3)cc2F)CC1. The summed E-state index contributed by atoms with van der Waals surface area (Å²) in [5, 5.41) is 8.97. The van der Waals surface area contributed by atoms with Crippen molar-refractivity contribution in [2.45, 2.75) is 25.6 Å². The Morgan fingerprint density at radius 3 is 2.69 bits per heavy atom. The smallest absolute Gasteiger partial charge is 0.407 e. The van der Waals surface area contributed by atoms with Crippen molar-refractivity contribution in [2.75, 3.05) is 50.9 Å². The zero-order chi connectivity index (χ0) is 18.4. The van der Waals surface area contributed by atoms with Crippen LogP contribution in [0.3, 0.4) is 0 Å². The predicted molar refractivity (Wildman–Crippen MR) is 93.2 cm³/mol. The van der Waals surface area contributed by atoms with Gasteiger partial charge in [-0.3, -0.25) is 0 Å². The van der Waals surface area contributed by atoms with Crippen LogP contribution in [0.5, 0.6) is 5.75 Å². The fourth-order valence-electron chi connectivity index (χ4n) is 3.15. The quantitative estimate of drug-likeness (QED) is 0.778. The number of nitrogens with zero attached hydrogens (tertiary/aromatic N) is 2. The summed E-state index contributed by atoms with van der Waals surface area (Å²) in [6.07, 6.45) is 2.00. The lowest BCUT2D eigenvalue weighted by atomic mass is 10.2. The third-order valence-corrected chi connectivity index (χ3v) is 4.60. The summed E-state index contributed by atoms with van der Waals surface area (Å²) in [5.41, 5.74) is 0.467. The van der Waals surface area contributed by atoms with Gasteiger partial charge >= 0.3 is 6.09 Å². The van der Waals surface area contributed by atoms with Gasteiger partial charge in [-0.2, -0.15) is 0 Å². The molecule has 26 heavy (non-hydrogen) atoms. The Labute approximate surface area is 152 Å². The normalized spacial score (nSPS) is 20.9. The first kappa shape index (κ1) is 18.7. The molecule has 0 radical (unpaired) electrons. The maximum absolute atomic E-state index is 14.4. The molecule has 8 heteroatoms. The van der Waals surface area contributed by atoms with Crippen molar-refractivity contribution in [2.24, 2.45) is 0 Å². The molecular formula is C18H25FN2O5. The Kier molecular flexibility index (Phi) is 6.51. The molecule has 0 saturated carbocycles. The third kappa shape index (κ3) is 4.98. The van der Waals surface area contributed by atoms with E-state index in [0.29, 0.717) is 50.8 Å². The van der Waals surface area contributed by atoms with Gasteiger partial charge in [0.15, 0.2) is 6.29 Å². The van der Waals surface area contributed by atoms with Crippen LogP contribution < -0.4 is 9.64 Å². The molecule has 1 unspecified atom stereocenters. The molecule has 2 heterocycles. The van der Waals surface area contributed by atoms with E-state index in [1.54, 1.807) is 12.1 Å². The fraction of sp³-hybridized carbons (Fsp3) is 0.611. The summed E-state index contributed by atoms with van der Waals surface area (Å²) < 4.78 is 31.0. The number of rotatable bonds is 6. The Balaban J connectivity index is 1.44. The second-order valence-electron chi connectivity index (χ2n) is 6.39. The lowest BCUT2D eigenvalue weighted by molar-refractivity contribution is -0.165. The number of halogens is 1. The molecule has 1 atom stereocenters. The topological polar surface area (TPSA) is 71.5 Å². The van der Waals surface area contributed by atoms with Gasteiger partial charge in [0, 0.05) is 38.9 Å². The Morgan fingerprint density at radius 2 is 2.04 bits per heavy atom. The second-order valence-corrected chi connectivity index (χ2v) is 6.39. The van der Waals surface area contributed by atoms with E-state index >= 15 is 0 Å². The first-order valence-electron chi connectivity index (χ1n) is 9.02. The van der Waals surface area contributed by atoms with Crippen molar-refractivity contribution in [3.63, 3.8) is 0 Å². The molecule has 144 valence electrons. The molecule has 0 aliphatic carbocycles. The van der Waals surface area contributed by atoms with Gasteiger partial charge in [0.05, 0.1) is 12.3 Å². The van der Waals surface area contributed by atoms with Gasteiger partial charge in [-0.1, -0.05) is 0 Å². The van der Waals surface area contributed by atoms with E-state index in [-0.39, 0.29) is 12.1 Å². The summed E-state index contributed by atoms with van der Waals surface area (Å²) in [6.45, 7) is 3.14. The van der Waals surface area contributed by atoms with Crippen LogP contribution in [-0.4, -0.2) is 68.4 Å². The highest BCUT2D eigenvalue weighted by Crippen LogP contribution is 2.25. The van der Waals surface area contributed by atoms with Gasteiger partial charge in [0.2, 0.25) is 0 Å². The van der Waals surface area contributed by atoms with E-state index in [1.165, 1.54) is 11.0 Å². The molecule has 0 bridgehead atoms. The van der Waals surface area contributed by atoms with Crippen molar-refractivity contribution in [3.05, 3.63) is 24.0 Å². The predicted octanol–water partition coefficient (Wildman–Crippen LogP) is 2.55. The maximum atomic E-state index is 14.4. The molecule has 1 N–H and O–H groups in total. The summed E-state index contributed by atoms with van der Waals surface area (Å²) in [7, 11) is 0. The van der Waals surface area contributed by atoms with Crippen LogP contribution in [0.2, 0.25) is 0 Å². The van der Waals surface area contributed by atoms with E-state index < -0.39 is 6.09 Å². The molecule has 0 spiro atoms. The number of hydrogen-bond donors (Lipinski definition) is 1. The average molecular weight is 368 g/mol. The molecule has 2 fully saturated rings. The summed E-state index contributed by atoms with van der Waals surface area (Å²) in [6, 6.07) is 4.75. The number of carbonyl (C=O) groups is 1. The summed E-state index contributed by atoms with van der Waals surface area (Å²) in [4.78, 5) is 14.1. The lowest BCUT2D eigenvalue weighted by Crippen LogP contribution is -2.48. The molecule has 2 saturated heterocycles. The van der Waals surface area contributed by atoms with Crippen molar-refractivity contribution < 1.29 is 28.5 Å². The Bertz CT molecular complexity index is 601. The summed E-state index contributed by atoms with van der Waals surface area (Å²) in [5.74, 6) is 0.0754. The summed E-state index contributed by atoms with van der Waals surface area (Å²) >= 11 is 0. The van der Waals surface area contributed by atoms with Gasteiger partial charge in [0.1, 0.15) is 18.2 Å². The number of hydrogen-bond acceptors (Lipinski definition) is 5. The van der Waals surface area contributed by atoms with Crippen molar-refractivity contribution in [3.8, 4) is 5.75 Å². The second kappa shape index (κ2) is 9.05. The van der Waals surface area contributed by atoms with Gasteiger partial charge in [-0.05, 0) is 31.4 Å². The van der Waals surface area contributed by atoms with Gasteiger partial charge < -0.3 is 29.1 Å². The number of amides is 1. The maximum Gasteiger partial charge on any atom is 0.407 e. The minimum atomic E-state index is -0.935. The molecular weight excluding hydrogens is 343 g/mol. The van der Waals surface area contributed by atoms with Crippen LogP contribution in [0, 0.1) is 5.82 Å². The highest BCUT2D eigenvalue weighted by molar-refractivity contribution is 5.65. The van der Waals surface area contributed by atoms with E-state index in [4.69, 9.17) is 19.3 Å². The first-order chi connectivity index (χ1) is 12.6.